The van der Waals surface area contributed by atoms with Gasteiger partial charge in [-0.2, -0.15) is 20.1 Å². The van der Waals surface area contributed by atoms with Crippen LogP contribution >= 0.6 is 23.1 Å². The van der Waals surface area contributed by atoms with Crippen LogP contribution in [0.3, 0.4) is 0 Å². The molecule has 2 aromatic heterocycles. The molecule has 0 aliphatic carbocycles. The SMILES string of the molecule is O=C1OC(O)(c2ccc(OCc3ccccc3)cc2)C(Cc2ccsc2)=C1c1ccc2nsnc2c1. The van der Waals surface area contributed by atoms with E-state index < -0.39 is 11.8 Å². The lowest BCUT2D eigenvalue weighted by molar-refractivity contribution is -0.185. The number of carbonyl (C=O) groups excluding carboxylic acids is 1. The van der Waals surface area contributed by atoms with Crippen LogP contribution in [0.25, 0.3) is 16.6 Å². The van der Waals surface area contributed by atoms with Crippen LogP contribution in [0.5, 0.6) is 5.75 Å². The normalized spacial score (nSPS) is 17.5. The number of nitrogens with zero attached hydrogens (tertiary/aromatic N) is 2. The Hall–Kier alpha value is -3.85. The molecule has 1 atom stereocenters. The quantitative estimate of drug-likeness (QED) is 0.281. The fourth-order valence-corrected chi connectivity index (χ4v) is 5.51. The van der Waals surface area contributed by atoms with Gasteiger partial charge in [0.15, 0.2) is 0 Å². The maximum atomic E-state index is 13.2. The molecule has 0 bridgehead atoms. The maximum Gasteiger partial charge on any atom is 0.342 e. The molecule has 3 heterocycles. The smallest absolute Gasteiger partial charge is 0.342 e. The Kier molecular flexibility index (Phi) is 5.85. The van der Waals surface area contributed by atoms with E-state index in [0.717, 1.165) is 28.4 Å². The van der Waals surface area contributed by atoms with Crippen LogP contribution in [0, 0.1) is 0 Å². The maximum absolute atomic E-state index is 13.2. The van der Waals surface area contributed by atoms with Gasteiger partial charge in [-0.1, -0.05) is 36.4 Å². The first kappa shape index (κ1) is 22.6. The third kappa shape index (κ3) is 4.19. The number of carbonyl (C=O) groups is 1. The van der Waals surface area contributed by atoms with E-state index in [1.54, 1.807) is 35.6 Å². The van der Waals surface area contributed by atoms with Crippen molar-refractivity contribution in [1.29, 1.82) is 0 Å². The second-order valence-electron chi connectivity index (χ2n) is 8.46. The molecular weight excluding hydrogens is 492 g/mol. The van der Waals surface area contributed by atoms with Gasteiger partial charge in [-0.15, -0.1) is 0 Å². The van der Waals surface area contributed by atoms with Crippen molar-refractivity contribution < 1.29 is 19.4 Å². The molecule has 0 saturated heterocycles. The van der Waals surface area contributed by atoms with Gasteiger partial charge in [0, 0.05) is 17.6 Å². The van der Waals surface area contributed by atoms with Crippen LogP contribution in [-0.4, -0.2) is 19.8 Å². The molecule has 178 valence electrons. The molecule has 6 nitrogen and oxygen atoms in total. The number of rotatable bonds is 7. The topological polar surface area (TPSA) is 81.5 Å². The Morgan fingerprint density at radius 1 is 0.917 bits per heavy atom. The molecule has 1 aliphatic heterocycles. The number of benzene rings is 3. The van der Waals surface area contributed by atoms with E-state index in [4.69, 9.17) is 9.47 Å². The van der Waals surface area contributed by atoms with Crippen molar-refractivity contribution in [2.24, 2.45) is 0 Å². The molecule has 3 aromatic carbocycles. The highest BCUT2D eigenvalue weighted by Crippen LogP contribution is 2.45. The number of aromatic nitrogens is 2. The van der Waals surface area contributed by atoms with E-state index in [2.05, 4.69) is 8.75 Å². The molecule has 0 radical (unpaired) electrons. The predicted octanol–water partition coefficient (Wildman–Crippen LogP) is 5.73. The highest BCUT2D eigenvalue weighted by molar-refractivity contribution is 7.08. The first-order valence-electron chi connectivity index (χ1n) is 11.3. The highest BCUT2D eigenvalue weighted by atomic mass is 32.1. The summed E-state index contributed by atoms with van der Waals surface area (Å²) in [6, 6.07) is 24.3. The molecule has 0 saturated carbocycles. The first-order valence-corrected chi connectivity index (χ1v) is 13.0. The number of esters is 1. The minimum absolute atomic E-state index is 0.350. The Morgan fingerprint density at radius 3 is 2.50 bits per heavy atom. The fourth-order valence-electron chi connectivity index (χ4n) is 4.33. The monoisotopic (exact) mass is 512 g/mol. The zero-order valence-electron chi connectivity index (χ0n) is 19.0. The molecular formula is C28H20N2O4S2. The van der Waals surface area contributed by atoms with Crippen molar-refractivity contribution in [3.63, 3.8) is 0 Å². The number of cyclic esters (lactones) is 1. The summed E-state index contributed by atoms with van der Waals surface area (Å²) in [7, 11) is 0. The van der Waals surface area contributed by atoms with E-state index in [-0.39, 0.29) is 0 Å². The lowest BCUT2D eigenvalue weighted by Gasteiger charge is -2.25. The Labute approximate surface area is 215 Å². The van der Waals surface area contributed by atoms with E-state index in [1.807, 2.05) is 65.4 Å². The van der Waals surface area contributed by atoms with Gasteiger partial charge in [0.1, 0.15) is 23.4 Å². The molecule has 1 aliphatic rings. The number of hydrogen-bond donors (Lipinski definition) is 1. The number of hydrogen-bond acceptors (Lipinski definition) is 8. The third-order valence-corrected chi connectivity index (χ3v) is 7.44. The van der Waals surface area contributed by atoms with E-state index in [9.17, 15) is 9.90 Å². The highest BCUT2D eigenvalue weighted by Gasteiger charge is 2.48. The lowest BCUT2D eigenvalue weighted by Crippen LogP contribution is -2.29. The molecule has 5 aromatic rings. The van der Waals surface area contributed by atoms with Crippen molar-refractivity contribution in [3.05, 3.63) is 117 Å². The Bertz CT molecular complexity index is 1560. The van der Waals surface area contributed by atoms with Crippen molar-refractivity contribution in [1.82, 2.24) is 8.75 Å². The Balaban J connectivity index is 1.37. The molecule has 6 rings (SSSR count). The van der Waals surface area contributed by atoms with Crippen molar-refractivity contribution in [3.8, 4) is 5.75 Å². The summed E-state index contributed by atoms with van der Waals surface area (Å²) in [4.78, 5) is 13.2. The summed E-state index contributed by atoms with van der Waals surface area (Å²) in [5.74, 6) is -1.82. The largest absolute Gasteiger partial charge is 0.489 e. The first-order chi connectivity index (χ1) is 17.6. The Morgan fingerprint density at radius 2 is 1.72 bits per heavy atom. The van der Waals surface area contributed by atoms with Crippen molar-refractivity contribution in [2.75, 3.05) is 0 Å². The number of thiophene rings is 1. The standard InChI is InChI=1S/C28H20N2O4S2/c31-27-26(20-6-11-24-25(15-20)30-36-29-24)23(14-19-12-13-35-17-19)28(32,34-27)21-7-9-22(10-8-21)33-16-18-4-2-1-3-5-18/h1-13,15,17,32H,14,16H2. The van der Waals surface area contributed by atoms with Crippen LogP contribution in [0.4, 0.5) is 0 Å². The van der Waals surface area contributed by atoms with E-state index in [1.165, 1.54) is 0 Å². The van der Waals surface area contributed by atoms with Crippen LogP contribution in [0.1, 0.15) is 22.3 Å². The summed E-state index contributed by atoms with van der Waals surface area (Å²) in [6.45, 7) is 0.431. The predicted molar refractivity (Wildman–Crippen MR) is 140 cm³/mol. The van der Waals surface area contributed by atoms with Crippen LogP contribution in [-0.2, 0) is 28.3 Å². The summed E-state index contributed by atoms with van der Waals surface area (Å²) >= 11 is 2.68. The second-order valence-corrected chi connectivity index (χ2v) is 9.77. The number of aliphatic hydroxyl groups is 1. The zero-order valence-corrected chi connectivity index (χ0v) is 20.6. The van der Waals surface area contributed by atoms with Crippen LogP contribution < -0.4 is 4.74 Å². The van der Waals surface area contributed by atoms with E-state index in [0.29, 0.717) is 46.6 Å². The molecule has 0 spiro atoms. The van der Waals surface area contributed by atoms with Gasteiger partial charge in [0.05, 0.1) is 17.3 Å². The van der Waals surface area contributed by atoms with Gasteiger partial charge >= 0.3 is 5.97 Å². The fraction of sp³-hybridized carbons (Fsp3) is 0.107. The van der Waals surface area contributed by atoms with Crippen LogP contribution in [0.15, 0.2) is 95.2 Å². The van der Waals surface area contributed by atoms with Gasteiger partial charge in [-0.3, -0.25) is 0 Å². The van der Waals surface area contributed by atoms with Gasteiger partial charge in [0.25, 0.3) is 5.79 Å². The molecule has 0 fully saturated rings. The summed E-state index contributed by atoms with van der Waals surface area (Å²) in [5, 5.41) is 15.8. The van der Waals surface area contributed by atoms with Gasteiger partial charge in [0.2, 0.25) is 0 Å². The van der Waals surface area contributed by atoms with Gasteiger partial charge in [-0.05, 0) is 69.9 Å². The second kappa shape index (κ2) is 9.31. The minimum atomic E-state index is -1.90. The molecule has 8 heteroatoms. The number of fused-ring (bicyclic) bond motifs is 1. The van der Waals surface area contributed by atoms with E-state index >= 15 is 0 Å². The molecule has 36 heavy (non-hydrogen) atoms. The van der Waals surface area contributed by atoms with Crippen molar-refractivity contribution >= 4 is 45.6 Å². The lowest BCUT2D eigenvalue weighted by atomic mass is 9.88. The van der Waals surface area contributed by atoms with Gasteiger partial charge < -0.3 is 14.6 Å². The molecule has 1 N–H and O–H groups in total. The average Bonchev–Trinajstić information content (AvgIpc) is 3.64. The zero-order chi connectivity index (χ0) is 24.5. The average molecular weight is 513 g/mol. The third-order valence-electron chi connectivity index (χ3n) is 6.15. The summed E-state index contributed by atoms with van der Waals surface area (Å²) < 4.78 is 20.1. The summed E-state index contributed by atoms with van der Waals surface area (Å²) in [5.41, 5.74) is 5.45. The van der Waals surface area contributed by atoms with Crippen molar-refractivity contribution in [2.45, 2.75) is 18.8 Å². The molecule has 0 amide bonds. The van der Waals surface area contributed by atoms with Gasteiger partial charge in [-0.25, -0.2) is 4.79 Å². The minimum Gasteiger partial charge on any atom is -0.489 e. The van der Waals surface area contributed by atoms with Crippen LogP contribution in [0.2, 0.25) is 0 Å². The number of ether oxygens (including phenoxy) is 2. The summed E-state index contributed by atoms with van der Waals surface area (Å²) in [6.07, 6.45) is 0.362. The molecule has 1 unspecified atom stereocenters.